The third-order valence-corrected chi connectivity index (χ3v) is 6.68. The molecule has 1 amide bonds. The van der Waals surface area contributed by atoms with Crippen LogP contribution in [0.2, 0.25) is 5.02 Å². The number of benzene rings is 1. The highest BCUT2D eigenvalue weighted by molar-refractivity contribution is 7.99. The molecule has 29 heavy (non-hydrogen) atoms. The summed E-state index contributed by atoms with van der Waals surface area (Å²) in [5.74, 6) is 0.916. The average molecular weight is 447 g/mol. The molecule has 0 saturated carbocycles. The van der Waals surface area contributed by atoms with Crippen LogP contribution in [0, 0.1) is 6.92 Å². The fraction of sp³-hybridized carbons (Fsp3) is 0.286. The molecule has 2 heterocycles. The monoisotopic (exact) mass is 446 g/mol. The number of aryl methyl sites for hydroxylation is 1. The van der Waals surface area contributed by atoms with Crippen LogP contribution in [0.1, 0.15) is 23.8 Å². The van der Waals surface area contributed by atoms with E-state index in [1.807, 2.05) is 29.7 Å². The van der Waals surface area contributed by atoms with Crippen LogP contribution in [-0.4, -0.2) is 26.4 Å². The maximum atomic E-state index is 12.4. The molecule has 0 fully saturated rings. The van der Waals surface area contributed by atoms with Crippen molar-refractivity contribution in [3.05, 3.63) is 57.8 Å². The number of thiophene rings is 1. The van der Waals surface area contributed by atoms with Gasteiger partial charge < -0.3 is 5.32 Å². The Morgan fingerprint density at radius 1 is 1.41 bits per heavy atom. The van der Waals surface area contributed by atoms with Crippen molar-refractivity contribution in [2.24, 2.45) is 0 Å². The van der Waals surface area contributed by atoms with Gasteiger partial charge in [-0.15, -0.1) is 28.1 Å². The lowest BCUT2D eigenvalue weighted by Crippen LogP contribution is -2.15. The first-order valence-corrected chi connectivity index (χ1v) is 11.6. The highest BCUT2D eigenvalue weighted by Crippen LogP contribution is 2.29. The third kappa shape index (κ3) is 5.29. The van der Waals surface area contributed by atoms with Crippen molar-refractivity contribution in [3.8, 4) is 11.4 Å². The normalized spacial score (nSPS) is 10.9. The Bertz CT molecular complexity index is 1010. The topological polar surface area (TPSA) is 59.8 Å². The molecule has 0 aliphatic heterocycles. The molecule has 2 aromatic heterocycles. The summed E-state index contributed by atoms with van der Waals surface area (Å²) in [4.78, 5) is 13.8. The van der Waals surface area contributed by atoms with Gasteiger partial charge in [0.1, 0.15) is 0 Å². The molecule has 152 valence electrons. The molecule has 8 heteroatoms. The van der Waals surface area contributed by atoms with E-state index in [1.165, 1.54) is 16.6 Å². The van der Waals surface area contributed by atoms with Crippen LogP contribution in [0.15, 0.2) is 47.5 Å². The third-order valence-electron chi connectivity index (χ3n) is 4.31. The first-order chi connectivity index (χ1) is 14.0. The van der Waals surface area contributed by atoms with Gasteiger partial charge in [0, 0.05) is 33.1 Å². The number of nitrogens with zero attached hydrogens (tertiary/aromatic N) is 3. The SMILES string of the molecule is C=CCn1c(SCC(=O)Nc2cccc(Cl)c2C)nnc1-c1csc(CCC)c1. The van der Waals surface area contributed by atoms with Crippen molar-refractivity contribution in [2.45, 2.75) is 38.4 Å². The number of halogens is 1. The number of hydrogen-bond donors (Lipinski definition) is 1. The molecule has 0 aliphatic carbocycles. The van der Waals surface area contributed by atoms with Gasteiger partial charge in [-0.25, -0.2) is 0 Å². The van der Waals surface area contributed by atoms with E-state index in [0.29, 0.717) is 16.7 Å². The molecule has 0 unspecified atom stereocenters. The second-order valence-electron chi connectivity index (χ2n) is 6.51. The van der Waals surface area contributed by atoms with E-state index < -0.39 is 0 Å². The van der Waals surface area contributed by atoms with Gasteiger partial charge in [0.25, 0.3) is 0 Å². The zero-order chi connectivity index (χ0) is 20.8. The smallest absolute Gasteiger partial charge is 0.234 e. The molecule has 0 spiro atoms. The summed E-state index contributed by atoms with van der Waals surface area (Å²) in [7, 11) is 0. The molecule has 1 N–H and O–H groups in total. The second kappa shape index (κ2) is 10.1. The number of carbonyl (C=O) groups excluding carboxylic acids is 1. The van der Waals surface area contributed by atoms with Crippen molar-refractivity contribution in [1.29, 1.82) is 0 Å². The van der Waals surface area contributed by atoms with Crippen molar-refractivity contribution in [3.63, 3.8) is 0 Å². The summed E-state index contributed by atoms with van der Waals surface area (Å²) in [6.45, 7) is 8.47. The van der Waals surface area contributed by atoms with Gasteiger partial charge >= 0.3 is 0 Å². The van der Waals surface area contributed by atoms with Gasteiger partial charge in [0.05, 0.1) is 5.75 Å². The fourth-order valence-corrected chi connectivity index (χ4v) is 4.73. The molecule has 1 aromatic carbocycles. The summed E-state index contributed by atoms with van der Waals surface area (Å²) in [5, 5.41) is 15.0. The first kappa shape index (κ1) is 21.6. The molecule has 0 saturated heterocycles. The number of allylic oxidation sites excluding steroid dienone is 1. The summed E-state index contributed by atoms with van der Waals surface area (Å²) < 4.78 is 1.99. The van der Waals surface area contributed by atoms with E-state index in [9.17, 15) is 4.79 Å². The average Bonchev–Trinajstić information content (AvgIpc) is 3.31. The van der Waals surface area contributed by atoms with Gasteiger partial charge in [-0.3, -0.25) is 9.36 Å². The van der Waals surface area contributed by atoms with E-state index in [-0.39, 0.29) is 11.7 Å². The number of anilines is 1. The molecule has 0 atom stereocenters. The highest BCUT2D eigenvalue weighted by atomic mass is 35.5. The van der Waals surface area contributed by atoms with E-state index in [4.69, 9.17) is 11.6 Å². The van der Waals surface area contributed by atoms with Gasteiger partial charge in [0.2, 0.25) is 5.91 Å². The van der Waals surface area contributed by atoms with Crippen molar-refractivity contribution >= 4 is 46.3 Å². The Hall–Kier alpha value is -2.09. The van der Waals surface area contributed by atoms with Crippen molar-refractivity contribution in [1.82, 2.24) is 14.8 Å². The Morgan fingerprint density at radius 2 is 2.24 bits per heavy atom. The molecule has 3 rings (SSSR count). The quantitative estimate of drug-likeness (QED) is 0.331. The van der Waals surface area contributed by atoms with E-state index in [1.54, 1.807) is 17.4 Å². The predicted molar refractivity (Wildman–Crippen MR) is 123 cm³/mol. The van der Waals surface area contributed by atoms with E-state index in [0.717, 1.165) is 35.5 Å². The number of thioether (sulfide) groups is 1. The van der Waals surface area contributed by atoms with Crippen LogP contribution in [0.25, 0.3) is 11.4 Å². The second-order valence-corrected chi connectivity index (χ2v) is 8.85. The van der Waals surface area contributed by atoms with Crippen molar-refractivity contribution in [2.75, 3.05) is 11.1 Å². The molecule has 3 aromatic rings. The molecule has 5 nitrogen and oxygen atoms in total. The lowest BCUT2D eigenvalue weighted by atomic mass is 10.2. The minimum Gasteiger partial charge on any atom is -0.325 e. The minimum atomic E-state index is -0.115. The zero-order valence-corrected chi connectivity index (χ0v) is 18.8. The summed E-state index contributed by atoms with van der Waals surface area (Å²) in [6, 6.07) is 7.63. The van der Waals surface area contributed by atoms with Crippen LogP contribution in [0.5, 0.6) is 0 Å². The number of hydrogen-bond acceptors (Lipinski definition) is 5. The number of aromatic nitrogens is 3. The van der Waals surface area contributed by atoms with Crippen LogP contribution >= 0.6 is 34.7 Å². The molecular formula is C21H23ClN4OS2. The Labute approximate surface area is 184 Å². The van der Waals surface area contributed by atoms with Gasteiger partial charge in [-0.05, 0) is 37.1 Å². The maximum Gasteiger partial charge on any atom is 0.234 e. The van der Waals surface area contributed by atoms with E-state index >= 15 is 0 Å². The van der Waals surface area contributed by atoms with Gasteiger partial charge in [0.15, 0.2) is 11.0 Å². The van der Waals surface area contributed by atoms with Gasteiger partial charge in [-0.1, -0.05) is 48.8 Å². The van der Waals surface area contributed by atoms with Gasteiger partial charge in [-0.2, -0.15) is 0 Å². The fourth-order valence-electron chi connectivity index (χ4n) is 2.84. The largest absolute Gasteiger partial charge is 0.325 e. The summed E-state index contributed by atoms with van der Waals surface area (Å²) in [6.07, 6.45) is 3.98. The Balaban J connectivity index is 1.71. The van der Waals surface area contributed by atoms with Crippen molar-refractivity contribution < 1.29 is 4.79 Å². The number of carbonyl (C=O) groups is 1. The predicted octanol–water partition coefficient (Wildman–Crippen LogP) is 5.84. The molecule has 0 bridgehead atoms. The highest BCUT2D eigenvalue weighted by Gasteiger charge is 2.16. The van der Waals surface area contributed by atoms with E-state index in [2.05, 4.69) is 40.5 Å². The summed E-state index contributed by atoms with van der Waals surface area (Å²) >= 11 is 9.22. The van der Waals surface area contributed by atoms with Crippen LogP contribution in [0.3, 0.4) is 0 Å². The standard InChI is InChI=1S/C21H23ClN4OS2/c1-4-7-16-11-15(12-28-16)20-24-25-21(26(20)10-5-2)29-13-19(27)23-18-9-6-8-17(22)14(18)3/h5-6,8-9,11-12H,2,4,7,10,13H2,1,3H3,(H,23,27). The Morgan fingerprint density at radius 3 is 3.00 bits per heavy atom. The number of amides is 1. The lowest BCUT2D eigenvalue weighted by molar-refractivity contribution is -0.113. The summed E-state index contributed by atoms with van der Waals surface area (Å²) in [5.41, 5.74) is 2.63. The molecule has 0 aliphatic rings. The molecule has 0 radical (unpaired) electrons. The lowest BCUT2D eigenvalue weighted by Gasteiger charge is -2.10. The van der Waals surface area contributed by atoms with Crippen LogP contribution in [-0.2, 0) is 17.8 Å². The number of rotatable bonds is 9. The number of nitrogens with one attached hydrogen (secondary N) is 1. The van der Waals surface area contributed by atoms with Crippen LogP contribution < -0.4 is 5.32 Å². The van der Waals surface area contributed by atoms with Crippen LogP contribution in [0.4, 0.5) is 5.69 Å². The zero-order valence-electron chi connectivity index (χ0n) is 16.4. The minimum absolute atomic E-state index is 0.115. The molecular weight excluding hydrogens is 424 g/mol. The Kier molecular flexibility index (Phi) is 7.52. The first-order valence-electron chi connectivity index (χ1n) is 9.33. The maximum absolute atomic E-state index is 12.4.